The minimum absolute atomic E-state index is 0.0580. The van der Waals surface area contributed by atoms with Crippen LogP contribution in [-0.2, 0) is 10.0 Å². The van der Waals surface area contributed by atoms with Crippen LogP contribution in [0.1, 0.15) is 21.5 Å². The standard InChI is InChI=1S/C24H20ClN3O3S/c1-14-11-18(32(26,30)31)12-22(15(14)2)28-24(29)20-13-23(16-7-9-17(25)10-8-16)27-21-6-4-3-5-19(20)21/h3-13H,1-2H3,(H,28,29)(H2,26,30,31). The largest absolute Gasteiger partial charge is 0.322 e. The fourth-order valence-electron chi connectivity index (χ4n) is 3.44. The van der Waals surface area contributed by atoms with Gasteiger partial charge in [-0.2, -0.15) is 0 Å². The molecule has 3 N–H and O–H groups in total. The van der Waals surface area contributed by atoms with E-state index in [-0.39, 0.29) is 10.8 Å². The molecule has 3 aromatic carbocycles. The first-order valence-corrected chi connectivity index (χ1v) is 11.7. The predicted molar refractivity (Wildman–Crippen MR) is 127 cm³/mol. The second-order valence-electron chi connectivity index (χ2n) is 7.49. The Morgan fingerprint density at radius 2 is 1.69 bits per heavy atom. The second kappa shape index (κ2) is 8.35. The number of fused-ring (bicyclic) bond motifs is 1. The third kappa shape index (κ3) is 4.36. The van der Waals surface area contributed by atoms with Crippen molar-refractivity contribution in [2.75, 3.05) is 5.32 Å². The van der Waals surface area contributed by atoms with Crippen LogP contribution in [0.4, 0.5) is 5.69 Å². The van der Waals surface area contributed by atoms with Gasteiger partial charge in [-0.3, -0.25) is 4.79 Å². The first-order chi connectivity index (χ1) is 15.1. The van der Waals surface area contributed by atoms with Gasteiger partial charge in [0.1, 0.15) is 0 Å². The Morgan fingerprint density at radius 3 is 2.38 bits per heavy atom. The molecule has 8 heteroatoms. The summed E-state index contributed by atoms with van der Waals surface area (Å²) in [5.41, 5.74) is 4.35. The number of amides is 1. The number of nitrogens with zero attached hydrogens (tertiary/aromatic N) is 1. The van der Waals surface area contributed by atoms with Gasteiger partial charge in [0.25, 0.3) is 5.91 Å². The molecule has 162 valence electrons. The average molecular weight is 466 g/mol. The molecule has 4 rings (SSSR count). The Balaban J connectivity index is 1.82. The zero-order chi connectivity index (χ0) is 23.0. The molecule has 6 nitrogen and oxygen atoms in total. The Bertz CT molecular complexity index is 1470. The van der Waals surface area contributed by atoms with Crippen LogP contribution >= 0.6 is 11.6 Å². The van der Waals surface area contributed by atoms with Crippen LogP contribution in [0.25, 0.3) is 22.2 Å². The van der Waals surface area contributed by atoms with Crippen molar-refractivity contribution in [3.63, 3.8) is 0 Å². The molecule has 0 fully saturated rings. The smallest absolute Gasteiger partial charge is 0.256 e. The molecule has 0 unspecified atom stereocenters. The zero-order valence-electron chi connectivity index (χ0n) is 17.4. The normalized spacial score (nSPS) is 11.5. The van der Waals surface area contributed by atoms with Crippen molar-refractivity contribution in [3.8, 4) is 11.3 Å². The van der Waals surface area contributed by atoms with Gasteiger partial charge in [0.15, 0.2) is 0 Å². The van der Waals surface area contributed by atoms with E-state index in [1.807, 2.05) is 43.3 Å². The van der Waals surface area contributed by atoms with Gasteiger partial charge in [0, 0.05) is 21.7 Å². The maximum atomic E-state index is 13.3. The summed E-state index contributed by atoms with van der Waals surface area (Å²) in [4.78, 5) is 18.0. The minimum Gasteiger partial charge on any atom is -0.322 e. The summed E-state index contributed by atoms with van der Waals surface area (Å²) in [5, 5.41) is 9.43. The van der Waals surface area contributed by atoms with E-state index in [2.05, 4.69) is 10.3 Å². The van der Waals surface area contributed by atoms with E-state index >= 15 is 0 Å². The number of carbonyl (C=O) groups is 1. The number of nitrogens with two attached hydrogens (primary N) is 1. The number of aryl methyl sites for hydroxylation is 1. The molecule has 0 aliphatic rings. The van der Waals surface area contributed by atoms with Crippen molar-refractivity contribution in [1.29, 1.82) is 0 Å². The molecule has 0 radical (unpaired) electrons. The van der Waals surface area contributed by atoms with E-state index in [0.29, 0.717) is 38.4 Å². The number of halogens is 1. The van der Waals surface area contributed by atoms with Crippen LogP contribution in [-0.4, -0.2) is 19.3 Å². The van der Waals surface area contributed by atoms with E-state index in [1.54, 1.807) is 25.1 Å². The third-order valence-electron chi connectivity index (χ3n) is 5.32. The van der Waals surface area contributed by atoms with Crippen LogP contribution in [0.2, 0.25) is 5.02 Å². The fraction of sp³-hybridized carbons (Fsp3) is 0.0833. The highest BCUT2D eigenvalue weighted by Gasteiger charge is 2.18. The first kappa shape index (κ1) is 22.0. The lowest BCUT2D eigenvalue weighted by atomic mass is 10.0. The Labute approximate surface area is 191 Å². The van der Waals surface area contributed by atoms with Crippen molar-refractivity contribution in [1.82, 2.24) is 4.98 Å². The molecule has 1 aromatic heterocycles. The molecule has 0 aliphatic carbocycles. The van der Waals surface area contributed by atoms with E-state index in [9.17, 15) is 13.2 Å². The van der Waals surface area contributed by atoms with Gasteiger partial charge < -0.3 is 5.32 Å². The number of anilines is 1. The highest BCUT2D eigenvalue weighted by Crippen LogP contribution is 2.28. The van der Waals surface area contributed by atoms with Gasteiger partial charge >= 0.3 is 0 Å². The molecule has 0 bridgehead atoms. The number of aromatic nitrogens is 1. The lowest BCUT2D eigenvalue weighted by Gasteiger charge is -2.14. The van der Waals surface area contributed by atoms with Crippen LogP contribution in [0.15, 0.2) is 71.6 Å². The number of benzene rings is 3. The summed E-state index contributed by atoms with van der Waals surface area (Å²) in [7, 11) is -3.92. The van der Waals surface area contributed by atoms with Crippen molar-refractivity contribution in [2.24, 2.45) is 5.14 Å². The number of hydrogen-bond acceptors (Lipinski definition) is 4. The Hall–Kier alpha value is -3.26. The van der Waals surface area contributed by atoms with E-state index in [1.165, 1.54) is 12.1 Å². The van der Waals surface area contributed by atoms with Crippen LogP contribution in [0.5, 0.6) is 0 Å². The lowest BCUT2D eigenvalue weighted by Crippen LogP contribution is -2.17. The predicted octanol–water partition coefficient (Wildman–Crippen LogP) is 5.07. The first-order valence-electron chi connectivity index (χ1n) is 9.74. The molecular weight excluding hydrogens is 446 g/mol. The summed E-state index contributed by atoms with van der Waals surface area (Å²) < 4.78 is 23.7. The van der Waals surface area contributed by atoms with Gasteiger partial charge in [-0.1, -0.05) is 41.9 Å². The molecule has 0 saturated carbocycles. The quantitative estimate of drug-likeness (QED) is 0.439. The maximum absolute atomic E-state index is 13.3. The minimum atomic E-state index is -3.92. The summed E-state index contributed by atoms with van der Waals surface area (Å²) in [6.45, 7) is 3.57. The lowest BCUT2D eigenvalue weighted by molar-refractivity contribution is 0.102. The average Bonchev–Trinajstić information content (AvgIpc) is 2.75. The van der Waals surface area contributed by atoms with Gasteiger partial charge in [-0.15, -0.1) is 0 Å². The number of hydrogen-bond donors (Lipinski definition) is 2. The molecule has 32 heavy (non-hydrogen) atoms. The molecule has 0 atom stereocenters. The number of para-hydroxylation sites is 1. The molecule has 4 aromatic rings. The highest BCUT2D eigenvalue weighted by molar-refractivity contribution is 7.89. The van der Waals surface area contributed by atoms with Crippen molar-refractivity contribution in [3.05, 3.63) is 88.4 Å². The fourth-order valence-corrected chi connectivity index (χ4v) is 4.19. The van der Waals surface area contributed by atoms with E-state index in [4.69, 9.17) is 16.7 Å². The molecular formula is C24H20ClN3O3S. The van der Waals surface area contributed by atoms with E-state index in [0.717, 1.165) is 11.1 Å². The Kier molecular flexibility index (Phi) is 5.73. The van der Waals surface area contributed by atoms with Gasteiger partial charge in [0.05, 0.1) is 21.7 Å². The second-order valence-corrected chi connectivity index (χ2v) is 9.49. The summed E-state index contributed by atoms with van der Waals surface area (Å²) in [6, 6.07) is 19.1. The van der Waals surface area contributed by atoms with Crippen LogP contribution in [0.3, 0.4) is 0 Å². The zero-order valence-corrected chi connectivity index (χ0v) is 19.0. The van der Waals surface area contributed by atoms with Crippen molar-refractivity contribution in [2.45, 2.75) is 18.7 Å². The number of rotatable bonds is 4. The summed E-state index contributed by atoms with van der Waals surface area (Å²) in [6.07, 6.45) is 0. The molecule has 1 heterocycles. The van der Waals surface area contributed by atoms with Gasteiger partial charge in [0.2, 0.25) is 10.0 Å². The summed E-state index contributed by atoms with van der Waals surface area (Å²) >= 11 is 6.00. The van der Waals surface area contributed by atoms with Crippen LogP contribution < -0.4 is 10.5 Å². The molecule has 1 amide bonds. The molecule has 0 spiro atoms. The van der Waals surface area contributed by atoms with E-state index < -0.39 is 10.0 Å². The number of sulfonamides is 1. The molecule has 0 saturated heterocycles. The van der Waals surface area contributed by atoms with Gasteiger partial charge in [-0.25, -0.2) is 18.5 Å². The SMILES string of the molecule is Cc1cc(S(N)(=O)=O)cc(NC(=O)c2cc(-c3ccc(Cl)cc3)nc3ccccc23)c1C. The Morgan fingerprint density at radius 1 is 1.00 bits per heavy atom. The third-order valence-corrected chi connectivity index (χ3v) is 6.46. The monoisotopic (exact) mass is 465 g/mol. The number of nitrogens with one attached hydrogen (secondary N) is 1. The van der Waals surface area contributed by atoms with Gasteiger partial charge in [-0.05, 0) is 61.4 Å². The highest BCUT2D eigenvalue weighted by atomic mass is 35.5. The maximum Gasteiger partial charge on any atom is 0.256 e. The van der Waals surface area contributed by atoms with Crippen molar-refractivity contribution < 1.29 is 13.2 Å². The topological polar surface area (TPSA) is 102 Å². The summed E-state index contributed by atoms with van der Waals surface area (Å²) in [5.74, 6) is -0.382. The number of carbonyl (C=O) groups excluding carboxylic acids is 1. The van der Waals surface area contributed by atoms with Crippen molar-refractivity contribution >= 4 is 44.1 Å². The molecule has 0 aliphatic heterocycles. The van der Waals surface area contributed by atoms with Crippen LogP contribution in [0, 0.1) is 13.8 Å². The number of primary sulfonamides is 1. The number of pyridine rings is 1.